The largest absolute Gasteiger partial charge is 0.502 e. The van der Waals surface area contributed by atoms with Crippen LogP contribution in [0.25, 0.3) is 0 Å². The number of aromatic nitrogens is 1. The molecular formula is C11H10F3NO3. The Kier molecular flexibility index (Phi) is 4.30. The Morgan fingerprint density at radius 3 is 2.78 bits per heavy atom. The number of aliphatic hydroxyl groups is 1. The first-order valence-corrected chi connectivity index (χ1v) is 4.84. The fourth-order valence-corrected chi connectivity index (χ4v) is 1.24. The first-order valence-electron chi connectivity index (χ1n) is 4.84. The predicted octanol–water partition coefficient (Wildman–Crippen LogP) is 2.26. The van der Waals surface area contributed by atoms with E-state index in [4.69, 9.17) is 5.11 Å². The Balaban J connectivity index is 2.96. The average molecular weight is 261 g/mol. The van der Waals surface area contributed by atoms with Crippen molar-refractivity contribution in [2.45, 2.75) is 12.6 Å². The van der Waals surface area contributed by atoms with E-state index in [9.17, 15) is 18.0 Å². The van der Waals surface area contributed by atoms with E-state index >= 15 is 0 Å². The van der Waals surface area contributed by atoms with E-state index in [1.165, 1.54) is 6.20 Å². The van der Waals surface area contributed by atoms with Gasteiger partial charge in [0, 0.05) is 12.6 Å². The van der Waals surface area contributed by atoms with Crippen LogP contribution in [0.5, 0.6) is 0 Å². The maximum atomic E-state index is 12.6. The molecule has 0 bridgehead atoms. The highest BCUT2D eigenvalue weighted by atomic mass is 19.4. The third kappa shape index (κ3) is 3.47. The van der Waals surface area contributed by atoms with Crippen LogP contribution in [-0.2, 0) is 22.1 Å². The standard InChI is InChI=1S/C11H10F3NO3/c1-18-10(17)9(16)5-4-8-7(11(12,13)14)3-2-6-15-8/h2-3,5-6,16H,4H2,1H3/b9-5-. The molecule has 98 valence electrons. The number of methoxy groups -OCH3 is 1. The Hall–Kier alpha value is -2.05. The van der Waals surface area contributed by atoms with E-state index in [-0.39, 0.29) is 12.1 Å². The zero-order valence-electron chi connectivity index (χ0n) is 9.36. The second kappa shape index (κ2) is 5.52. The summed E-state index contributed by atoms with van der Waals surface area (Å²) in [5, 5.41) is 9.15. The Morgan fingerprint density at radius 2 is 2.22 bits per heavy atom. The number of pyridine rings is 1. The first kappa shape index (κ1) is 14.0. The van der Waals surface area contributed by atoms with Crippen LogP contribution in [0.3, 0.4) is 0 Å². The highest BCUT2D eigenvalue weighted by Gasteiger charge is 2.33. The number of alkyl halides is 3. The van der Waals surface area contributed by atoms with Gasteiger partial charge in [-0.1, -0.05) is 0 Å². The lowest BCUT2D eigenvalue weighted by Gasteiger charge is -2.10. The molecule has 0 aliphatic heterocycles. The van der Waals surface area contributed by atoms with E-state index in [0.29, 0.717) is 0 Å². The summed E-state index contributed by atoms with van der Waals surface area (Å²) in [6.45, 7) is 0. The summed E-state index contributed by atoms with van der Waals surface area (Å²) in [5.41, 5.74) is -1.18. The topological polar surface area (TPSA) is 59.4 Å². The number of allylic oxidation sites excluding steroid dienone is 1. The smallest absolute Gasteiger partial charge is 0.418 e. The monoisotopic (exact) mass is 261 g/mol. The molecule has 1 heterocycles. The van der Waals surface area contributed by atoms with Crippen LogP contribution in [0.2, 0.25) is 0 Å². The molecule has 1 N–H and O–H groups in total. The van der Waals surface area contributed by atoms with Gasteiger partial charge in [-0.3, -0.25) is 4.98 Å². The van der Waals surface area contributed by atoms with Crippen LogP contribution in [0, 0.1) is 0 Å². The van der Waals surface area contributed by atoms with E-state index < -0.39 is 23.5 Å². The number of esters is 1. The second-order valence-electron chi connectivity index (χ2n) is 3.28. The molecule has 4 nitrogen and oxygen atoms in total. The van der Waals surface area contributed by atoms with Crippen molar-refractivity contribution < 1.29 is 27.8 Å². The number of ether oxygens (including phenoxy) is 1. The lowest BCUT2D eigenvalue weighted by atomic mass is 10.1. The minimum atomic E-state index is -4.53. The van der Waals surface area contributed by atoms with Crippen molar-refractivity contribution in [2.75, 3.05) is 7.11 Å². The fourth-order valence-electron chi connectivity index (χ4n) is 1.24. The molecule has 0 amide bonds. The van der Waals surface area contributed by atoms with Gasteiger partial charge >= 0.3 is 12.1 Å². The Morgan fingerprint density at radius 1 is 1.56 bits per heavy atom. The minimum Gasteiger partial charge on any atom is -0.502 e. The van der Waals surface area contributed by atoms with Crippen LogP contribution in [0.15, 0.2) is 30.2 Å². The van der Waals surface area contributed by atoms with Crippen molar-refractivity contribution in [1.82, 2.24) is 4.98 Å². The van der Waals surface area contributed by atoms with Gasteiger partial charge in [-0.05, 0) is 18.2 Å². The van der Waals surface area contributed by atoms with Gasteiger partial charge < -0.3 is 9.84 Å². The van der Waals surface area contributed by atoms with Gasteiger partial charge in [-0.25, -0.2) is 4.79 Å². The zero-order valence-corrected chi connectivity index (χ0v) is 9.36. The summed E-state index contributed by atoms with van der Waals surface area (Å²) in [5.74, 6) is -1.77. The third-order valence-corrected chi connectivity index (χ3v) is 2.08. The number of carbonyl (C=O) groups excluding carboxylic acids is 1. The van der Waals surface area contributed by atoms with E-state index in [1.54, 1.807) is 0 Å². The van der Waals surface area contributed by atoms with Gasteiger partial charge in [0.05, 0.1) is 18.4 Å². The van der Waals surface area contributed by atoms with Crippen LogP contribution in [-0.4, -0.2) is 23.2 Å². The second-order valence-corrected chi connectivity index (χ2v) is 3.28. The van der Waals surface area contributed by atoms with E-state index in [1.807, 2.05) is 0 Å². The van der Waals surface area contributed by atoms with E-state index in [2.05, 4.69) is 9.72 Å². The number of nitrogens with zero attached hydrogens (tertiary/aromatic N) is 1. The Bertz CT molecular complexity index is 469. The molecule has 0 radical (unpaired) electrons. The molecule has 0 aliphatic carbocycles. The van der Waals surface area contributed by atoms with Crippen LogP contribution in [0.4, 0.5) is 13.2 Å². The number of hydrogen-bond acceptors (Lipinski definition) is 4. The van der Waals surface area contributed by atoms with Crippen molar-refractivity contribution in [3.8, 4) is 0 Å². The summed E-state index contributed by atoms with van der Waals surface area (Å²) in [7, 11) is 1.05. The summed E-state index contributed by atoms with van der Waals surface area (Å²) in [6, 6.07) is 2.04. The van der Waals surface area contributed by atoms with Gasteiger partial charge in [-0.15, -0.1) is 0 Å². The van der Waals surface area contributed by atoms with Gasteiger partial charge in [0.1, 0.15) is 0 Å². The first-order chi connectivity index (χ1) is 8.36. The number of carbonyl (C=O) groups is 1. The normalized spacial score (nSPS) is 12.3. The number of halogens is 3. The highest BCUT2D eigenvalue weighted by Crippen LogP contribution is 2.31. The average Bonchev–Trinajstić information content (AvgIpc) is 2.34. The summed E-state index contributed by atoms with van der Waals surface area (Å²) in [4.78, 5) is 14.4. The van der Waals surface area contributed by atoms with Crippen molar-refractivity contribution in [1.29, 1.82) is 0 Å². The molecule has 0 atom stereocenters. The van der Waals surface area contributed by atoms with Crippen molar-refractivity contribution >= 4 is 5.97 Å². The molecule has 18 heavy (non-hydrogen) atoms. The molecule has 1 aromatic heterocycles. The van der Waals surface area contributed by atoms with Crippen molar-refractivity contribution in [3.63, 3.8) is 0 Å². The molecule has 0 aliphatic rings. The quantitative estimate of drug-likeness (QED) is 0.515. The van der Waals surface area contributed by atoms with Crippen LogP contribution >= 0.6 is 0 Å². The molecule has 0 unspecified atom stereocenters. The van der Waals surface area contributed by atoms with Gasteiger partial charge in [0.15, 0.2) is 5.76 Å². The maximum Gasteiger partial charge on any atom is 0.418 e. The molecule has 1 aromatic rings. The lowest BCUT2D eigenvalue weighted by Crippen LogP contribution is -2.11. The summed E-state index contributed by atoms with van der Waals surface area (Å²) in [6.07, 6.45) is -2.73. The summed E-state index contributed by atoms with van der Waals surface area (Å²) < 4.78 is 41.9. The molecule has 0 spiro atoms. The molecule has 1 rings (SSSR count). The maximum absolute atomic E-state index is 12.6. The summed E-state index contributed by atoms with van der Waals surface area (Å²) >= 11 is 0. The number of hydrogen-bond donors (Lipinski definition) is 1. The lowest BCUT2D eigenvalue weighted by molar-refractivity contribution is -0.139. The predicted molar refractivity (Wildman–Crippen MR) is 55.7 cm³/mol. The molecule has 0 fully saturated rings. The molecule has 7 heteroatoms. The molecule has 0 saturated heterocycles. The van der Waals surface area contributed by atoms with E-state index in [0.717, 1.165) is 25.3 Å². The zero-order chi connectivity index (χ0) is 13.8. The van der Waals surface area contributed by atoms with Crippen molar-refractivity contribution in [3.05, 3.63) is 41.4 Å². The van der Waals surface area contributed by atoms with Crippen LogP contribution in [0.1, 0.15) is 11.3 Å². The number of rotatable bonds is 3. The minimum absolute atomic E-state index is 0.277. The van der Waals surface area contributed by atoms with Crippen LogP contribution < -0.4 is 0 Å². The van der Waals surface area contributed by atoms with Gasteiger partial charge in [0.25, 0.3) is 0 Å². The van der Waals surface area contributed by atoms with Gasteiger partial charge in [-0.2, -0.15) is 13.2 Å². The SMILES string of the molecule is COC(=O)/C(O)=C/Cc1ncccc1C(F)(F)F. The molecule has 0 saturated carbocycles. The molecular weight excluding hydrogens is 251 g/mol. The fraction of sp³-hybridized carbons (Fsp3) is 0.273. The Labute approximate surface area is 101 Å². The van der Waals surface area contributed by atoms with Crippen molar-refractivity contribution in [2.24, 2.45) is 0 Å². The third-order valence-electron chi connectivity index (χ3n) is 2.08. The molecule has 0 aromatic carbocycles. The number of aliphatic hydroxyl groups excluding tert-OH is 1. The van der Waals surface area contributed by atoms with Gasteiger partial charge in [0.2, 0.25) is 0 Å². The highest BCUT2D eigenvalue weighted by molar-refractivity contribution is 5.85.